The van der Waals surface area contributed by atoms with Crippen molar-refractivity contribution in [3.63, 3.8) is 0 Å². The van der Waals surface area contributed by atoms with E-state index in [0.29, 0.717) is 0 Å². The van der Waals surface area contributed by atoms with E-state index in [4.69, 9.17) is 0 Å². The van der Waals surface area contributed by atoms with Crippen molar-refractivity contribution < 1.29 is 9.90 Å². The van der Waals surface area contributed by atoms with E-state index in [9.17, 15) is 9.90 Å². The fourth-order valence-corrected chi connectivity index (χ4v) is 2.84. The number of benzene rings is 1. The maximum Gasteiger partial charge on any atom is 0.224 e. The quantitative estimate of drug-likeness (QED) is 0.719. The fourth-order valence-electron chi connectivity index (χ4n) is 2.84. The first-order valence-corrected chi connectivity index (χ1v) is 5.30. The van der Waals surface area contributed by atoms with Gasteiger partial charge in [-0.15, -0.1) is 0 Å². The summed E-state index contributed by atoms with van der Waals surface area (Å²) < 4.78 is 0. The van der Waals surface area contributed by atoms with E-state index in [2.05, 4.69) is 5.32 Å². The molecule has 78 valence electrons. The summed E-state index contributed by atoms with van der Waals surface area (Å²) in [7, 11) is 0. The van der Waals surface area contributed by atoms with E-state index in [1.807, 2.05) is 12.1 Å². The van der Waals surface area contributed by atoms with Crippen molar-refractivity contribution in [2.24, 2.45) is 5.92 Å². The van der Waals surface area contributed by atoms with Crippen LogP contribution in [0.1, 0.15) is 18.4 Å². The summed E-state index contributed by atoms with van der Waals surface area (Å²) in [4.78, 5) is 11.5. The Morgan fingerprint density at radius 2 is 2.07 bits per heavy atom. The van der Waals surface area contributed by atoms with Gasteiger partial charge in [0.2, 0.25) is 5.91 Å². The van der Waals surface area contributed by atoms with E-state index in [1.54, 1.807) is 12.1 Å². The highest BCUT2D eigenvalue weighted by molar-refractivity contribution is 5.85. The van der Waals surface area contributed by atoms with Crippen molar-refractivity contribution in [3.05, 3.63) is 29.8 Å². The number of hydrogen-bond donors (Lipinski definition) is 2. The summed E-state index contributed by atoms with van der Waals surface area (Å²) in [5.74, 6) is 0.625. The standard InChI is InChI=1S/C12H13NO2/c14-9-3-1-8(2-4-9)12-6-5-10(12)11(15)13-7-12/h1-4,10,14H,5-7H2,(H,13,15). The molecule has 1 saturated carbocycles. The monoisotopic (exact) mass is 203 g/mol. The first kappa shape index (κ1) is 8.77. The number of aromatic hydroxyl groups is 1. The molecule has 3 heteroatoms. The molecule has 0 spiro atoms. The minimum absolute atomic E-state index is 0.0186. The maximum atomic E-state index is 11.5. The summed E-state index contributed by atoms with van der Waals surface area (Å²) in [5, 5.41) is 12.2. The third kappa shape index (κ3) is 1.03. The zero-order valence-electron chi connectivity index (χ0n) is 8.36. The van der Waals surface area contributed by atoms with Crippen LogP contribution in [0.25, 0.3) is 0 Å². The van der Waals surface area contributed by atoms with Gasteiger partial charge < -0.3 is 10.4 Å². The summed E-state index contributed by atoms with van der Waals surface area (Å²) >= 11 is 0. The summed E-state index contributed by atoms with van der Waals surface area (Å²) in [5.41, 5.74) is 1.19. The maximum absolute atomic E-state index is 11.5. The van der Waals surface area contributed by atoms with Crippen LogP contribution < -0.4 is 5.32 Å². The molecule has 1 aromatic rings. The lowest BCUT2D eigenvalue weighted by molar-refractivity contribution is -0.125. The highest BCUT2D eigenvalue weighted by Gasteiger charge is 2.55. The number of nitrogens with one attached hydrogen (secondary N) is 1. The molecule has 2 aliphatic rings. The number of hydrogen-bond acceptors (Lipinski definition) is 2. The summed E-state index contributed by atoms with van der Waals surface area (Å²) in [6.07, 6.45) is 2.06. The number of amides is 1. The van der Waals surface area contributed by atoms with E-state index in [0.717, 1.165) is 19.4 Å². The Hall–Kier alpha value is -1.51. The van der Waals surface area contributed by atoms with Crippen LogP contribution >= 0.6 is 0 Å². The van der Waals surface area contributed by atoms with Crippen LogP contribution in [0.5, 0.6) is 5.75 Å². The van der Waals surface area contributed by atoms with Crippen LogP contribution in [0.3, 0.4) is 0 Å². The van der Waals surface area contributed by atoms with Crippen molar-refractivity contribution in [2.45, 2.75) is 18.3 Å². The molecular weight excluding hydrogens is 190 g/mol. The SMILES string of the molecule is O=C1NCC2(c3ccc(O)cc3)CCC12. The average Bonchev–Trinajstić information content (AvgIpc) is 2.40. The Bertz CT molecular complexity index is 412. The molecule has 1 saturated heterocycles. The predicted octanol–water partition coefficient (Wildman–Crippen LogP) is 1.17. The van der Waals surface area contributed by atoms with E-state index in [1.165, 1.54) is 5.56 Å². The molecule has 1 aliphatic heterocycles. The molecule has 15 heavy (non-hydrogen) atoms. The number of rotatable bonds is 1. The number of phenolic OH excluding ortho intramolecular Hbond substituents is 1. The van der Waals surface area contributed by atoms with Crippen molar-refractivity contribution in [1.82, 2.24) is 5.32 Å². The first-order chi connectivity index (χ1) is 7.22. The largest absolute Gasteiger partial charge is 0.508 e. The molecule has 3 nitrogen and oxygen atoms in total. The molecule has 0 aromatic heterocycles. The zero-order valence-corrected chi connectivity index (χ0v) is 8.36. The Balaban J connectivity index is 2.00. The molecule has 1 heterocycles. The van der Waals surface area contributed by atoms with Crippen LogP contribution in [0.4, 0.5) is 0 Å². The van der Waals surface area contributed by atoms with Crippen LogP contribution in [-0.2, 0) is 10.2 Å². The molecule has 1 aromatic carbocycles. The number of phenols is 1. The summed E-state index contributed by atoms with van der Waals surface area (Å²) in [6, 6.07) is 7.26. The van der Waals surface area contributed by atoms with Crippen LogP contribution in [-0.4, -0.2) is 17.6 Å². The van der Waals surface area contributed by atoms with Crippen molar-refractivity contribution in [2.75, 3.05) is 6.54 Å². The average molecular weight is 203 g/mol. The van der Waals surface area contributed by atoms with Gasteiger partial charge in [0.05, 0.1) is 0 Å². The van der Waals surface area contributed by atoms with Gasteiger partial charge in [-0.2, -0.15) is 0 Å². The third-order valence-corrected chi connectivity index (χ3v) is 3.88. The van der Waals surface area contributed by atoms with E-state index >= 15 is 0 Å². The Morgan fingerprint density at radius 3 is 2.60 bits per heavy atom. The minimum Gasteiger partial charge on any atom is -0.508 e. The van der Waals surface area contributed by atoms with Crippen molar-refractivity contribution >= 4 is 5.91 Å². The lowest BCUT2D eigenvalue weighted by Crippen LogP contribution is -2.44. The van der Waals surface area contributed by atoms with E-state index in [-0.39, 0.29) is 23.0 Å². The number of carbonyl (C=O) groups excluding carboxylic acids is 1. The number of fused-ring (bicyclic) bond motifs is 1. The third-order valence-electron chi connectivity index (χ3n) is 3.88. The minimum atomic E-state index is 0.0186. The highest BCUT2D eigenvalue weighted by atomic mass is 16.3. The number of carbonyl (C=O) groups is 1. The van der Waals surface area contributed by atoms with Gasteiger partial charge in [0, 0.05) is 17.9 Å². The van der Waals surface area contributed by atoms with Gasteiger partial charge in [-0.1, -0.05) is 12.1 Å². The molecule has 2 fully saturated rings. The second-order valence-electron chi connectivity index (χ2n) is 4.51. The lowest BCUT2D eigenvalue weighted by atomic mass is 9.58. The van der Waals surface area contributed by atoms with Crippen LogP contribution in [0.15, 0.2) is 24.3 Å². The van der Waals surface area contributed by atoms with Gasteiger partial charge in [-0.05, 0) is 30.5 Å². The molecular formula is C12H13NO2. The molecule has 1 aliphatic carbocycles. The molecule has 3 rings (SSSR count). The molecule has 2 atom stereocenters. The van der Waals surface area contributed by atoms with Crippen molar-refractivity contribution in [1.29, 1.82) is 0 Å². The first-order valence-electron chi connectivity index (χ1n) is 5.30. The smallest absolute Gasteiger partial charge is 0.224 e. The van der Waals surface area contributed by atoms with Crippen LogP contribution in [0.2, 0.25) is 0 Å². The van der Waals surface area contributed by atoms with Gasteiger partial charge in [-0.25, -0.2) is 0 Å². The predicted molar refractivity (Wildman–Crippen MR) is 55.5 cm³/mol. The molecule has 0 radical (unpaired) electrons. The lowest BCUT2D eigenvalue weighted by Gasteiger charge is -2.43. The second kappa shape index (κ2) is 2.75. The van der Waals surface area contributed by atoms with Gasteiger partial charge in [-0.3, -0.25) is 4.79 Å². The van der Waals surface area contributed by atoms with Gasteiger partial charge in [0.1, 0.15) is 5.75 Å². The van der Waals surface area contributed by atoms with Crippen LogP contribution in [0, 0.1) is 5.92 Å². The Labute approximate surface area is 88.1 Å². The fraction of sp³-hybridized carbons (Fsp3) is 0.417. The van der Waals surface area contributed by atoms with Gasteiger partial charge in [0.25, 0.3) is 0 Å². The normalized spacial score (nSPS) is 33.1. The molecule has 2 N–H and O–H groups in total. The molecule has 0 bridgehead atoms. The zero-order chi connectivity index (χ0) is 10.5. The molecule has 2 unspecified atom stereocenters. The van der Waals surface area contributed by atoms with Gasteiger partial charge in [0.15, 0.2) is 0 Å². The highest BCUT2D eigenvalue weighted by Crippen LogP contribution is 2.51. The van der Waals surface area contributed by atoms with Crippen molar-refractivity contribution in [3.8, 4) is 5.75 Å². The topological polar surface area (TPSA) is 49.3 Å². The second-order valence-corrected chi connectivity index (χ2v) is 4.51. The van der Waals surface area contributed by atoms with Gasteiger partial charge >= 0.3 is 0 Å². The van der Waals surface area contributed by atoms with E-state index < -0.39 is 0 Å². The summed E-state index contributed by atoms with van der Waals surface area (Å²) in [6.45, 7) is 0.751. The Kier molecular flexibility index (Phi) is 1.61. The Morgan fingerprint density at radius 1 is 1.33 bits per heavy atom. The molecule has 1 amide bonds.